The van der Waals surface area contributed by atoms with Crippen molar-refractivity contribution >= 4 is 0 Å². The molecular weight excluding hydrogens is 148 g/mol. The Morgan fingerprint density at radius 2 is 1.50 bits per heavy atom. The Labute approximate surface area is 75.3 Å². The highest BCUT2D eigenvalue weighted by Gasteiger charge is 2.34. The van der Waals surface area contributed by atoms with Crippen LogP contribution in [-0.2, 0) is 0 Å². The third kappa shape index (κ3) is 1.99. The number of nitrogens with one attached hydrogen (secondary N) is 1. The largest absolute Gasteiger partial charge is 0.317 e. The van der Waals surface area contributed by atoms with Crippen LogP contribution in [0.15, 0.2) is 0 Å². The van der Waals surface area contributed by atoms with Crippen LogP contribution in [0.3, 0.4) is 0 Å². The van der Waals surface area contributed by atoms with Crippen molar-refractivity contribution in [2.75, 3.05) is 26.2 Å². The summed E-state index contributed by atoms with van der Waals surface area (Å²) >= 11 is 0. The molecule has 0 aliphatic carbocycles. The van der Waals surface area contributed by atoms with Gasteiger partial charge in [0.05, 0.1) is 0 Å². The summed E-state index contributed by atoms with van der Waals surface area (Å²) in [6, 6.07) is 1.05. The molecular formula is C10H20N2. The molecule has 70 valence electrons. The molecule has 3 heterocycles. The Kier molecular flexibility index (Phi) is 3.01. The first-order valence-corrected chi connectivity index (χ1v) is 5.41. The van der Waals surface area contributed by atoms with Crippen LogP contribution in [0.5, 0.6) is 0 Å². The van der Waals surface area contributed by atoms with Crippen molar-refractivity contribution < 1.29 is 0 Å². The van der Waals surface area contributed by atoms with Gasteiger partial charge in [-0.3, -0.25) is 0 Å². The SMILES string of the molecule is C1CCNCC1.C1CN2CCC12. The maximum absolute atomic E-state index is 3.28. The van der Waals surface area contributed by atoms with Gasteiger partial charge in [0.25, 0.3) is 0 Å². The molecule has 0 aromatic rings. The van der Waals surface area contributed by atoms with E-state index in [1.807, 2.05) is 0 Å². The summed E-state index contributed by atoms with van der Waals surface area (Å²) in [5.74, 6) is 0. The minimum atomic E-state index is 1.05. The number of piperidine rings is 2. The molecule has 3 fully saturated rings. The van der Waals surface area contributed by atoms with E-state index in [2.05, 4.69) is 10.2 Å². The molecule has 1 N–H and O–H groups in total. The summed E-state index contributed by atoms with van der Waals surface area (Å²) in [7, 11) is 0. The van der Waals surface area contributed by atoms with Gasteiger partial charge in [-0.25, -0.2) is 0 Å². The van der Waals surface area contributed by atoms with Crippen LogP contribution in [0.2, 0.25) is 0 Å². The predicted molar refractivity (Wildman–Crippen MR) is 51.3 cm³/mol. The van der Waals surface area contributed by atoms with Gasteiger partial charge in [0.2, 0.25) is 0 Å². The van der Waals surface area contributed by atoms with Crippen molar-refractivity contribution in [1.82, 2.24) is 10.2 Å². The first kappa shape index (κ1) is 8.52. The molecule has 0 aromatic heterocycles. The lowest BCUT2D eigenvalue weighted by Crippen LogP contribution is -2.57. The van der Waals surface area contributed by atoms with E-state index in [-0.39, 0.29) is 0 Å². The van der Waals surface area contributed by atoms with Gasteiger partial charge >= 0.3 is 0 Å². The van der Waals surface area contributed by atoms with Gasteiger partial charge in [0.1, 0.15) is 0 Å². The highest BCUT2D eigenvalue weighted by molar-refractivity contribution is 4.91. The summed E-state index contributed by atoms with van der Waals surface area (Å²) in [6.45, 7) is 5.29. The molecule has 3 aliphatic heterocycles. The number of hydrogen-bond donors (Lipinski definition) is 1. The zero-order valence-corrected chi connectivity index (χ0v) is 7.89. The van der Waals surface area contributed by atoms with Gasteiger partial charge in [0, 0.05) is 6.04 Å². The molecule has 0 amide bonds. The second-order valence-electron chi connectivity index (χ2n) is 4.08. The Balaban J connectivity index is 0.0000000939. The summed E-state index contributed by atoms with van der Waals surface area (Å²) in [5.41, 5.74) is 0. The Morgan fingerprint density at radius 3 is 1.58 bits per heavy atom. The third-order valence-electron chi connectivity index (χ3n) is 3.22. The van der Waals surface area contributed by atoms with E-state index in [0.29, 0.717) is 0 Å². The van der Waals surface area contributed by atoms with Crippen molar-refractivity contribution in [2.24, 2.45) is 0 Å². The van der Waals surface area contributed by atoms with Crippen molar-refractivity contribution in [2.45, 2.75) is 38.1 Å². The minimum absolute atomic E-state index is 1.05. The quantitative estimate of drug-likeness (QED) is 0.585. The van der Waals surface area contributed by atoms with E-state index >= 15 is 0 Å². The van der Waals surface area contributed by atoms with E-state index in [9.17, 15) is 0 Å². The maximum atomic E-state index is 3.28. The highest BCUT2D eigenvalue weighted by atomic mass is 15.3. The monoisotopic (exact) mass is 168 g/mol. The van der Waals surface area contributed by atoms with Gasteiger partial charge in [-0.05, 0) is 51.9 Å². The molecule has 0 spiro atoms. The molecule has 3 saturated heterocycles. The van der Waals surface area contributed by atoms with Crippen molar-refractivity contribution in [3.8, 4) is 0 Å². The number of nitrogens with zero attached hydrogens (tertiary/aromatic N) is 1. The van der Waals surface area contributed by atoms with Crippen molar-refractivity contribution in [1.29, 1.82) is 0 Å². The first-order valence-electron chi connectivity index (χ1n) is 5.41. The summed E-state index contributed by atoms with van der Waals surface area (Å²) < 4.78 is 0. The Bertz CT molecular complexity index is 102. The van der Waals surface area contributed by atoms with Gasteiger partial charge < -0.3 is 10.2 Å². The standard InChI is InChI=1S/C5H9N.C5H11N/c1-3-6-4-2-5(1)6;1-2-4-6-5-3-1/h5H,1-4H2;6H,1-5H2. The molecule has 0 unspecified atom stereocenters. The van der Waals surface area contributed by atoms with Crippen LogP contribution < -0.4 is 5.32 Å². The molecule has 3 aliphatic rings. The van der Waals surface area contributed by atoms with Crippen LogP contribution in [0, 0.1) is 0 Å². The Morgan fingerprint density at radius 1 is 0.917 bits per heavy atom. The fraction of sp³-hybridized carbons (Fsp3) is 1.00. The average Bonchev–Trinajstić information content (AvgIpc) is 2.15. The molecule has 0 saturated carbocycles. The van der Waals surface area contributed by atoms with Crippen LogP contribution in [-0.4, -0.2) is 37.1 Å². The molecule has 0 radical (unpaired) electrons. The normalized spacial score (nSPS) is 29.0. The van der Waals surface area contributed by atoms with Crippen molar-refractivity contribution in [3.63, 3.8) is 0 Å². The van der Waals surface area contributed by atoms with Crippen molar-refractivity contribution in [3.05, 3.63) is 0 Å². The minimum Gasteiger partial charge on any atom is -0.317 e. The number of hydrogen-bond acceptors (Lipinski definition) is 2. The third-order valence-corrected chi connectivity index (χ3v) is 3.22. The van der Waals surface area contributed by atoms with Crippen LogP contribution >= 0.6 is 0 Å². The zero-order valence-electron chi connectivity index (χ0n) is 7.89. The van der Waals surface area contributed by atoms with Crippen LogP contribution in [0.1, 0.15) is 32.1 Å². The molecule has 12 heavy (non-hydrogen) atoms. The molecule has 0 aromatic carbocycles. The molecule has 3 rings (SSSR count). The maximum Gasteiger partial charge on any atom is 0.0120 e. The van der Waals surface area contributed by atoms with Gasteiger partial charge in [-0.15, -0.1) is 0 Å². The number of rotatable bonds is 0. The van der Waals surface area contributed by atoms with Crippen LogP contribution in [0.4, 0.5) is 0 Å². The van der Waals surface area contributed by atoms with Gasteiger partial charge in [0.15, 0.2) is 0 Å². The highest BCUT2D eigenvalue weighted by Crippen LogP contribution is 2.28. The summed E-state index contributed by atoms with van der Waals surface area (Å²) in [5, 5.41) is 3.28. The van der Waals surface area contributed by atoms with Crippen LogP contribution in [0.25, 0.3) is 0 Å². The van der Waals surface area contributed by atoms with E-state index < -0.39 is 0 Å². The fourth-order valence-corrected chi connectivity index (χ4v) is 2.05. The lowest BCUT2D eigenvalue weighted by atomic mass is 9.91. The van der Waals surface area contributed by atoms with E-state index in [1.54, 1.807) is 0 Å². The topological polar surface area (TPSA) is 15.3 Å². The summed E-state index contributed by atoms with van der Waals surface area (Å²) in [4.78, 5) is 2.53. The Hall–Kier alpha value is -0.0800. The molecule has 0 atom stereocenters. The molecule has 0 bridgehead atoms. The molecule has 2 heteroatoms. The first-order chi connectivity index (χ1) is 5.97. The fourth-order valence-electron chi connectivity index (χ4n) is 2.05. The predicted octanol–water partition coefficient (Wildman–Crippen LogP) is 1.22. The smallest absolute Gasteiger partial charge is 0.0120 e. The van der Waals surface area contributed by atoms with E-state index in [4.69, 9.17) is 0 Å². The second kappa shape index (κ2) is 4.24. The lowest BCUT2D eigenvalue weighted by molar-refractivity contribution is -0.00222. The summed E-state index contributed by atoms with van der Waals surface area (Å²) in [6.07, 6.45) is 7.19. The van der Waals surface area contributed by atoms with Gasteiger partial charge in [-0.1, -0.05) is 6.42 Å². The second-order valence-corrected chi connectivity index (χ2v) is 4.08. The van der Waals surface area contributed by atoms with E-state index in [0.717, 1.165) is 6.04 Å². The van der Waals surface area contributed by atoms with E-state index in [1.165, 1.54) is 58.3 Å². The molecule has 2 nitrogen and oxygen atoms in total. The lowest BCUT2D eigenvalue weighted by Gasteiger charge is -2.50. The van der Waals surface area contributed by atoms with Gasteiger partial charge in [-0.2, -0.15) is 0 Å². The number of fused-ring (bicyclic) bond motifs is 1. The average molecular weight is 168 g/mol. The zero-order chi connectivity index (χ0) is 8.23.